The maximum atomic E-state index is 13.2. The molecule has 108 valence electrons. The first-order chi connectivity index (χ1) is 9.42. The fourth-order valence-electron chi connectivity index (χ4n) is 2.16. The second-order valence-electron chi connectivity index (χ2n) is 4.70. The van der Waals surface area contributed by atoms with Crippen molar-refractivity contribution >= 4 is 15.9 Å². The quantitative estimate of drug-likeness (QED) is 0.925. The molecule has 1 aromatic heterocycles. The Balaban J connectivity index is 2.27. The van der Waals surface area contributed by atoms with E-state index in [4.69, 9.17) is 5.73 Å². The molecule has 0 amide bonds. The van der Waals surface area contributed by atoms with Gasteiger partial charge in [-0.3, -0.25) is 4.68 Å². The lowest BCUT2D eigenvalue weighted by molar-refractivity contribution is 0.569. The zero-order chi connectivity index (χ0) is 14.9. The SMILES string of the molecule is CCc1nn(C)c(CC(N)c2cc(F)cc(F)c2)c1Br. The summed E-state index contributed by atoms with van der Waals surface area (Å²) in [6, 6.07) is 2.87. The van der Waals surface area contributed by atoms with Gasteiger partial charge in [0.05, 0.1) is 15.9 Å². The normalized spacial score (nSPS) is 12.7. The van der Waals surface area contributed by atoms with Gasteiger partial charge in [0.2, 0.25) is 0 Å². The Morgan fingerprint density at radius 1 is 1.30 bits per heavy atom. The Morgan fingerprint density at radius 2 is 1.90 bits per heavy atom. The number of halogens is 3. The van der Waals surface area contributed by atoms with Crippen LogP contribution in [0, 0.1) is 11.6 Å². The minimum atomic E-state index is -0.617. The van der Waals surface area contributed by atoms with E-state index in [9.17, 15) is 8.78 Å². The van der Waals surface area contributed by atoms with Crippen molar-refractivity contribution in [3.63, 3.8) is 0 Å². The summed E-state index contributed by atoms with van der Waals surface area (Å²) >= 11 is 3.51. The number of aryl methyl sites for hydroxylation is 2. The van der Waals surface area contributed by atoms with Crippen molar-refractivity contribution in [2.45, 2.75) is 25.8 Å². The Morgan fingerprint density at radius 3 is 2.40 bits per heavy atom. The molecule has 1 unspecified atom stereocenters. The molecule has 1 atom stereocenters. The summed E-state index contributed by atoms with van der Waals surface area (Å²) in [5.41, 5.74) is 8.36. The molecule has 2 N–H and O–H groups in total. The third-order valence-electron chi connectivity index (χ3n) is 3.23. The summed E-state index contributed by atoms with van der Waals surface area (Å²) in [5, 5.41) is 4.38. The number of hydrogen-bond donors (Lipinski definition) is 1. The van der Waals surface area contributed by atoms with Crippen molar-refractivity contribution in [1.29, 1.82) is 0 Å². The molecule has 3 nitrogen and oxygen atoms in total. The first kappa shape index (κ1) is 15.1. The van der Waals surface area contributed by atoms with Gasteiger partial charge >= 0.3 is 0 Å². The first-order valence-electron chi connectivity index (χ1n) is 6.34. The van der Waals surface area contributed by atoms with Crippen LogP contribution in [0.25, 0.3) is 0 Å². The van der Waals surface area contributed by atoms with Gasteiger partial charge in [-0.25, -0.2) is 8.78 Å². The molecule has 0 fully saturated rings. The van der Waals surface area contributed by atoms with Crippen LogP contribution in [0.15, 0.2) is 22.7 Å². The van der Waals surface area contributed by atoms with Crippen LogP contribution in [0.1, 0.15) is 29.9 Å². The Hall–Kier alpha value is -1.27. The van der Waals surface area contributed by atoms with Gasteiger partial charge in [0.15, 0.2) is 0 Å². The van der Waals surface area contributed by atoms with Gasteiger partial charge in [-0.2, -0.15) is 5.10 Å². The Kier molecular flexibility index (Phi) is 4.55. The van der Waals surface area contributed by atoms with Gasteiger partial charge in [0.25, 0.3) is 0 Å². The number of nitrogens with zero attached hydrogens (tertiary/aromatic N) is 2. The van der Waals surface area contributed by atoms with Crippen molar-refractivity contribution in [2.75, 3.05) is 0 Å². The van der Waals surface area contributed by atoms with E-state index in [1.54, 1.807) is 4.68 Å². The zero-order valence-electron chi connectivity index (χ0n) is 11.3. The molecule has 20 heavy (non-hydrogen) atoms. The minimum Gasteiger partial charge on any atom is -0.324 e. The van der Waals surface area contributed by atoms with Crippen molar-refractivity contribution in [3.05, 3.63) is 51.3 Å². The maximum Gasteiger partial charge on any atom is 0.126 e. The Labute approximate surface area is 124 Å². The molecule has 0 aliphatic carbocycles. The minimum absolute atomic E-state index is 0.439. The number of hydrogen-bond acceptors (Lipinski definition) is 2. The first-order valence-corrected chi connectivity index (χ1v) is 7.13. The van der Waals surface area contributed by atoms with Crippen LogP contribution in [-0.4, -0.2) is 9.78 Å². The van der Waals surface area contributed by atoms with E-state index in [-0.39, 0.29) is 0 Å². The molecule has 6 heteroatoms. The van der Waals surface area contributed by atoms with E-state index in [1.807, 2.05) is 14.0 Å². The van der Waals surface area contributed by atoms with E-state index in [0.717, 1.165) is 28.3 Å². The third-order valence-corrected chi connectivity index (χ3v) is 4.14. The predicted octanol–water partition coefficient (Wildman–Crippen LogP) is 3.27. The molecule has 0 saturated carbocycles. The molecule has 0 bridgehead atoms. The summed E-state index contributed by atoms with van der Waals surface area (Å²) in [6.45, 7) is 2.01. The lowest BCUT2D eigenvalue weighted by atomic mass is 10.0. The zero-order valence-corrected chi connectivity index (χ0v) is 12.9. The van der Waals surface area contributed by atoms with Gasteiger partial charge in [-0.15, -0.1) is 0 Å². The molecule has 0 aliphatic rings. The van der Waals surface area contributed by atoms with E-state index >= 15 is 0 Å². The standard InChI is InChI=1S/C14H16BrF2N3/c1-3-12-14(15)13(20(2)19-12)7-11(18)8-4-9(16)6-10(17)5-8/h4-6,11H,3,7,18H2,1-2H3. The fraction of sp³-hybridized carbons (Fsp3) is 0.357. The number of nitrogens with two attached hydrogens (primary N) is 1. The molecular weight excluding hydrogens is 328 g/mol. The van der Waals surface area contributed by atoms with Gasteiger partial charge in [0, 0.05) is 25.6 Å². The molecule has 2 aromatic rings. The predicted molar refractivity (Wildman–Crippen MR) is 77.3 cm³/mol. The summed E-state index contributed by atoms with van der Waals surface area (Å²) in [4.78, 5) is 0. The van der Waals surface area contributed by atoms with Gasteiger partial charge in [-0.1, -0.05) is 6.92 Å². The van der Waals surface area contributed by atoms with Gasteiger partial charge < -0.3 is 5.73 Å². The maximum absolute atomic E-state index is 13.2. The van der Waals surface area contributed by atoms with Crippen LogP contribution in [-0.2, 0) is 19.9 Å². The summed E-state index contributed by atoms with van der Waals surface area (Å²) < 4.78 is 29.1. The number of benzene rings is 1. The fourth-order valence-corrected chi connectivity index (χ4v) is 2.94. The van der Waals surface area contributed by atoms with Crippen LogP contribution >= 0.6 is 15.9 Å². The highest BCUT2D eigenvalue weighted by atomic mass is 79.9. The van der Waals surface area contributed by atoms with Crippen LogP contribution in [0.5, 0.6) is 0 Å². The molecule has 0 saturated heterocycles. The molecule has 1 aromatic carbocycles. The van der Waals surface area contributed by atoms with Crippen LogP contribution in [0.4, 0.5) is 8.78 Å². The number of rotatable bonds is 4. The number of aromatic nitrogens is 2. The molecule has 0 radical (unpaired) electrons. The highest BCUT2D eigenvalue weighted by Gasteiger charge is 2.17. The molecular formula is C14H16BrF2N3. The average molecular weight is 344 g/mol. The van der Waals surface area contributed by atoms with Crippen molar-refractivity contribution in [1.82, 2.24) is 9.78 Å². The smallest absolute Gasteiger partial charge is 0.126 e. The average Bonchev–Trinajstić information content (AvgIpc) is 2.65. The topological polar surface area (TPSA) is 43.8 Å². The van der Waals surface area contributed by atoms with Crippen LogP contribution in [0.2, 0.25) is 0 Å². The van der Waals surface area contributed by atoms with Crippen LogP contribution in [0.3, 0.4) is 0 Å². The lowest BCUT2D eigenvalue weighted by Gasteiger charge is -2.13. The summed E-state index contributed by atoms with van der Waals surface area (Å²) in [5.74, 6) is -1.23. The second-order valence-corrected chi connectivity index (χ2v) is 5.49. The van der Waals surface area contributed by atoms with E-state index in [1.165, 1.54) is 12.1 Å². The third kappa shape index (κ3) is 3.07. The van der Waals surface area contributed by atoms with Crippen LogP contribution < -0.4 is 5.73 Å². The van der Waals surface area contributed by atoms with Crippen molar-refractivity contribution in [3.8, 4) is 0 Å². The largest absolute Gasteiger partial charge is 0.324 e. The second kappa shape index (κ2) is 6.01. The summed E-state index contributed by atoms with van der Waals surface area (Å²) in [6.07, 6.45) is 1.26. The van der Waals surface area contributed by atoms with E-state index in [2.05, 4.69) is 21.0 Å². The van der Waals surface area contributed by atoms with Crippen molar-refractivity contribution in [2.24, 2.45) is 12.8 Å². The lowest BCUT2D eigenvalue weighted by Crippen LogP contribution is -2.16. The van der Waals surface area contributed by atoms with Gasteiger partial charge in [0.1, 0.15) is 11.6 Å². The molecule has 0 spiro atoms. The highest BCUT2D eigenvalue weighted by molar-refractivity contribution is 9.10. The van der Waals surface area contributed by atoms with E-state index < -0.39 is 17.7 Å². The molecule has 0 aliphatic heterocycles. The molecule has 1 heterocycles. The van der Waals surface area contributed by atoms with E-state index in [0.29, 0.717) is 12.0 Å². The molecule has 2 rings (SSSR count). The monoisotopic (exact) mass is 343 g/mol. The van der Waals surface area contributed by atoms with Gasteiger partial charge in [-0.05, 0) is 40.0 Å². The highest BCUT2D eigenvalue weighted by Crippen LogP contribution is 2.26. The summed E-state index contributed by atoms with van der Waals surface area (Å²) in [7, 11) is 1.83. The Bertz CT molecular complexity index is 605. The van der Waals surface area contributed by atoms with Crippen molar-refractivity contribution < 1.29 is 8.78 Å².